The third kappa shape index (κ3) is 1.27. The first-order valence-corrected chi connectivity index (χ1v) is 5.01. The van der Waals surface area contributed by atoms with Crippen molar-refractivity contribution in [2.24, 2.45) is 17.4 Å². The molecule has 1 saturated heterocycles. The Balaban J connectivity index is 2.22. The predicted molar refractivity (Wildman–Crippen MR) is 49.5 cm³/mol. The normalized spacial score (nSPS) is 41.4. The van der Waals surface area contributed by atoms with Gasteiger partial charge in [-0.05, 0) is 25.8 Å². The van der Waals surface area contributed by atoms with E-state index in [2.05, 4.69) is 0 Å². The summed E-state index contributed by atoms with van der Waals surface area (Å²) in [6.45, 7) is 0.836. The Morgan fingerprint density at radius 1 is 1.50 bits per heavy atom. The van der Waals surface area contributed by atoms with Crippen LogP contribution in [0.5, 0.6) is 0 Å². The van der Waals surface area contributed by atoms with Crippen LogP contribution in [0.25, 0.3) is 0 Å². The maximum absolute atomic E-state index is 11.1. The number of rotatable bonds is 2. The molecule has 2 rings (SSSR count). The second-order valence-electron chi connectivity index (χ2n) is 4.05. The van der Waals surface area contributed by atoms with Crippen molar-refractivity contribution in [3.63, 3.8) is 0 Å². The van der Waals surface area contributed by atoms with E-state index in [1.165, 1.54) is 0 Å². The summed E-state index contributed by atoms with van der Waals surface area (Å²) in [6.07, 6.45) is 1.93. The van der Waals surface area contributed by atoms with E-state index >= 15 is 0 Å². The Kier molecular flexibility index (Phi) is 2.36. The van der Waals surface area contributed by atoms with Crippen LogP contribution in [0.3, 0.4) is 0 Å². The molecule has 2 aliphatic rings. The average molecular weight is 200 g/mol. The summed E-state index contributed by atoms with van der Waals surface area (Å²) in [6, 6.07) is 0. The molecule has 5 nitrogen and oxygen atoms in total. The molecule has 5 heteroatoms. The minimum atomic E-state index is -0.598. The number of fused-ring (bicyclic) bond motifs is 1. The lowest BCUT2D eigenvalue weighted by atomic mass is 9.75. The van der Waals surface area contributed by atoms with Crippen LogP contribution in [0, 0.1) is 5.92 Å². The third-order valence-electron chi connectivity index (χ3n) is 3.28. The molecule has 1 saturated carbocycles. The number of carbonyl (C=O) groups is 1. The number of hydrogen-bond acceptors (Lipinski definition) is 5. The lowest BCUT2D eigenvalue weighted by Gasteiger charge is -2.38. The van der Waals surface area contributed by atoms with Gasteiger partial charge in [0.15, 0.2) is 11.7 Å². The first kappa shape index (κ1) is 9.73. The van der Waals surface area contributed by atoms with Gasteiger partial charge in [-0.25, -0.2) is 4.79 Å². The summed E-state index contributed by atoms with van der Waals surface area (Å²) in [7, 11) is 0. The van der Waals surface area contributed by atoms with Gasteiger partial charge in [0.2, 0.25) is 0 Å². The van der Waals surface area contributed by atoms with E-state index in [1.807, 2.05) is 0 Å². The molecule has 0 bridgehead atoms. The van der Waals surface area contributed by atoms with Crippen LogP contribution in [0.2, 0.25) is 0 Å². The van der Waals surface area contributed by atoms with Crippen LogP contribution in [0.1, 0.15) is 19.3 Å². The van der Waals surface area contributed by atoms with Crippen molar-refractivity contribution in [2.45, 2.75) is 31.0 Å². The van der Waals surface area contributed by atoms with Gasteiger partial charge in [-0.1, -0.05) is 0 Å². The molecule has 0 radical (unpaired) electrons. The van der Waals surface area contributed by atoms with Gasteiger partial charge < -0.3 is 20.9 Å². The Hall–Kier alpha value is -0.810. The van der Waals surface area contributed by atoms with Crippen LogP contribution in [-0.4, -0.2) is 30.9 Å². The van der Waals surface area contributed by atoms with Crippen molar-refractivity contribution in [1.29, 1.82) is 0 Å². The lowest BCUT2D eigenvalue weighted by molar-refractivity contribution is -0.0237. The molecular formula is C9H16N2O3. The summed E-state index contributed by atoms with van der Waals surface area (Å²) in [5.74, 6) is 0.193. The fourth-order valence-corrected chi connectivity index (χ4v) is 2.49. The van der Waals surface area contributed by atoms with Crippen LogP contribution in [-0.2, 0) is 9.47 Å². The van der Waals surface area contributed by atoms with Crippen molar-refractivity contribution in [3.05, 3.63) is 0 Å². The predicted octanol–water partition coefficient (Wildman–Crippen LogP) is -0.0219. The molecule has 2 fully saturated rings. The van der Waals surface area contributed by atoms with Crippen LogP contribution in [0.15, 0.2) is 0 Å². The summed E-state index contributed by atoms with van der Waals surface area (Å²) in [5, 5.41) is 0. The van der Waals surface area contributed by atoms with E-state index in [0.29, 0.717) is 13.1 Å². The molecule has 0 aromatic rings. The molecule has 0 amide bonds. The highest BCUT2D eigenvalue weighted by Crippen LogP contribution is 2.41. The van der Waals surface area contributed by atoms with Gasteiger partial charge in [0, 0.05) is 12.5 Å². The quantitative estimate of drug-likeness (QED) is 0.611. The van der Waals surface area contributed by atoms with E-state index in [0.717, 1.165) is 19.3 Å². The molecule has 3 unspecified atom stereocenters. The fourth-order valence-electron chi connectivity index (χ4n) is 2.49. The fraction of sp³-hybridized carbons (Fsp3) is 0.889. The van der Waals surface area contributed by atoms with Crippen LogP contribution < -0.4 is 11.5 Å². The van der Waals surface area contributed by atoms with Gasteiger partial charge in [-0.15, -0.1) is 0 Å². The molecule has 1 aliphatic carbocycles. The Labute approximate surface area is 82.7 Å². The van der Waals surface area contributed by atoms with Crippen LogP contribution >= 0.6 is 0 Å². The molecule has 0 spiro atoms. The van der Waals surface area contributed by atoms with Gasteiger partial charge in [-0.2, -0.15) is 0 Å². The van der Waals surface area contributed by atoms with E-state index in [-0.39, 0.29) is 12.0 Å². The first-order valence-electron chi connectivity index (χ1n) is 5.01. The minimum Gasteiger partial charge on any atom is -0.426 e. The maximum Gasteiger partial charge on any atom is 0.509 e. The topological polar surface area (TPSA) is 87.6 Å². The van der Waals surface area contributed by atoms with Crippen LogP contribution in [0.4, 0.5) is 4.79 Å². The Bertz CT molecular complexity index is 246. The number of hydrogen-bond donors (Lipinski definition) is 2. The first-order chi connectivity index (χ1) is 6.72. The highest BCUT2D eigenvalue weighted by Gasteiger charge is 2.55. The van der Waals surface area contributed by atoms with Gasteiger partial charge in [-0.3, -0.25) is 0 Å². The largest absolute Gasteiger partial charge is 0.509 e. The maximum atomic E-state index is 11.1. The number of nitrogens with two attached hydrogens (primary N) is 2. The van der Waals surface area contributed by atoms with Gasteiger partial charge >= 0.3 is 6.16 Å². The van der Waals surface area contributed by atoms with E-state index in [9.17, 15) is 4.79 Å². The summed E-state index contributed by atoms with van der Waals surface area (Å²) in [5.41, 5.74) is 10.7. The summed E-state index contributed by atoms with van der Waals surface area (Å²) in [4.78, 5) is 11.1. The summed E-state index contributed by atoms with van der Waals surface area (Å²) < 4.78 is 10.3. The zero-order valence-corrected chi connectivity index (χ0v) is 8.07. The molecular weight excluding hydrogens is 184 g/mol. The standard InChI is InChI=1S/C9H16N2O3/c10-4-6-2-1-3-9(5-11)7(6)13-8(12)14-9/h6-7H,1-5,10-11H2. The smallest absolute Gasteiger partial charge is 0.426 e. The number of carbonyl (C=O) groups excluding carboxylic acids is 1. The van der Waals surface area contributed by atoms with Crippen molar-refractivity contribution >= 4 is 6.16 Å². The molecule has 0 aromatic heterocycles. The molecule has 1 heterocycles. The zero-order valence-electron chi connectivity index (χ0n) is 8.07. The van der Waals surface area contributed by atoms with Gasteiger partial charge in [0.1, 0.15) is 0 Å². The highest BCUT2D eigenvalue weighted by atomic mass is 16.8. The Morgan fingerprint density at radius 3 is 2.93 bits per heavy atom. The molecule has 1 aliphatic heterocycles. The van der Waals surface area contributed by atoms with Crippen molar-refractivity contribution in [2.75, 3.05) is 13.1 Å². The van der Waals surface area contributed by atoms with Gasteiger partial charge in [0.25, 0.3) is 0 Å². The lowest BCUT2D eigenvalue weighted by Crippen LogP contribution is -2.53. The van der Waals surface area contributed by atoms with E-state index < -0.39 is 11.8 Å². The third-order valence-corrected chi connectivity index (χ3v) is 3.28. The molecule has 14 heavy (non-hydrogen) atoms. The van der Waals surface area contributed by atoms with E-state index in [1.54, 1.807) is 0 Å². The second-order valence-corrected chi connectivity index (χ2v) is 4.05. The van der Waals surface area contributed by atoms with Gasteiger partial charge in [0.05, 0.1) is 0 Å². The van der Waals surface area contributed by atoms with E-state index in [4.69, 9.17) is 20.9 Å². The number of ether oxygens (including phenoxy) is 2. The molecule has 80 valence electrons. The SMILES string of the molecule is NCC1CCCC2(CN)OC(=O)OC12. The molecule has 0 aromatic carbocycles. The van der Waals surface area contributed by atoms with Crippen molar-refractivity contribution < 1.29 is 14.3 Å². The zero-order chi connectivity index (χ0) is 10.2. The Morgan fingerprint density at radius 2 is 2.29 bits per heavy atom. The second kappa shape index (κ2) is 3.40. The van der Waals surface area contributed by atoms with Crippen molar-refractivity contribution in [1.82, 2.24) is 0 Å². The minimum absolute atomic E-state index is 0.193. The monoisotopic (exact) mass is 200 g/mol. The highest BCUT2D eigenvalue weighted by molar-refractivity contribution is 5.63. The van der Waals surface area contributed by atoms with Crippen molar-refractivity contribution in [3.8, 4) is 0 Å². The average Bonchev–Trinajstić information content (AvgIpc) is 2.54. The summed E-state index contributed by atoms with van der Waals surface area (Å²) >= 11 is 0. The molecule has 3 atom stereocenters. The molecule has 4 N–H and O–H groups in total.